The fraction of sp³-hybridized carbons (Fsp3) is 0.300. The van der Waals surface area contributed by atoms with E-state index in [0.717, 1.165) is 11.3 Å². The molecule has 0 aliphatic carbocycles. The third-order valence-electron chi connectivity index (χ3n) is 4.00. The maximum atomic E-state index is 12.4. The first-order valence-electron chi connectivity index (χ1n) is 8.98. The Morgan fingerprint density at radius 1 is 1.17 bits per heavy atom. The van der Waals surface area contributed by atoms with E-state index in [-0.39, 0.29) is 23.2 Å². The average Bonchev–Trinajstić information content (AvgIpc) is 3.02. The van der Waals surface area contributed by atoms with Gasteiger partial charge in [0.1, 0.15) is 5.00 Å². The van der Waals surface area contributed by atoms with Gasteiger partial charge in [0.2, 0.25) is 0 Å². The molecule has 0 unspecified atom stereocenters. The Labute approximate surface area is 184 Å². The van der Waals surface area contributed by atoms with Crippen molar-refractivity contribution in [3.63, 3.8) is 0 Å². The maximum absolute atomic E-state index is 12.4. The lowest BCUT2D eigenvalue weighted by Crippen LogP contribution is -2.21. The number of hydrogen-bond donors (Lipinski definition) is 2. The molecule has 10 heteroatoms. The molecule has 160 valence electrons. The molecule has 2 rings (SSSR count). The molecule has 0 aliphatic rings. The number of methoxy groups -OCH3 is 1. The molecule has 0 spiro atoms. The van der Waals surface area contributed by atoms with E-state index in [1.807, 2.05) is 0 Å². The molecular formula is C20H23N3O5S2. The number of thiocarbonyl (C=S) groups is 1. The van der Waals surface area contributed by atoms with Crippen LogP contribution < -0.4 is 10.6 Å². The van der Waals surface area contributed by atoms with Gasteiger partial charge in [0.15, 0.2) is 5.11 Å². The summed E-state index contributed by atoms with van der Waals surface area (Å²) in [5.41, 5.74) is 1.71. The fourth-order valence-electron chi connectivity index (χ4n) is 2.56. The highest BCUT2D eigenvalue weighted by molar-refractivity contribution is 7.80. The van der Waals surface area contributed by atoms with Gasteiger partial charge < -0.3 is 25.0 Å². The molecule has 1 heterocycles. The van der Waals surface area contributed by atoms with Crippen LogP contribution in [0.4, 0.5) is 10.7 Å². The molecule has 2 aromatic rings. The molecule has 0 saturated heterocycles. The van der Waals surface area contributed by atoms with E-state index >= 15 is 0 Å². The van der Waals surface area contributed by atoms with Crippen LogP contribution in [0, 0.1) is 6.92 Å². The quantitative estimate of drug-likeness (QED) is 0.511. The van der Waals surface area contributed by atoms with Gasteiger partial charge in [-0.05, 0) is 49.8 Å². The number of anilines is 2. The van der Waals surface area contributed by atoms with E-state index in [4.69, 9.17) is 21.7 Å². The molecule has 1 amide bonds. The summed E-state index contributed by atoms with van der Waals surface area (Å²) in [7, 11) is 4.54. The molecule has 0 bridgehead atoms. The summed E-state index contributed by atoms with van der Waals surface area (Å²) in [4.78, 5) is 38.5. The summed E-state index contributed by atoms with van der Waals surface area (Å²) in [6, 6.07) is 6.67. The van der Waals surface area contributed by atoms with Gasteiger partial charge in [0, 0.05) is 19.8 Å². The van der Waals surface area contributed by atoms with E-state index in [0.29, 0.717) is 26.7 Å². The normalized spacial score (nSPS) is 10.2. The molecule has 0 radical (unpaired) electrons. The third kappa shape index (κ3) is 5.33. The van der Waals surface area contributed by atoms with E-state index in [1.54, 1.807) is 52.2 Å². The minimum atomic E-state index is -0.573. The largest absolute Gasteiger partial charge is 0.465 e. The number of hydrogen-bond acceptors (Lipinski definition) is 7. The molecule has 0 aliphatic heterocycles. The van der Waals surface area contributed by atoms with Crippen molar-refractivity contribution in [1.29, 1.82) is 0 Å². The van der Waals surface area contributed by atoms with Crippen LogP contribution in [0.25, 0.3) is 0 Å². The zero-order valence-corrected chi connectivity index (χ0v) is 19.0. The summed E-state index contributed by atoms with van der Waals surface area (Å²) < 4.78 is 9.86. The SMILES string of the molecule is CCOC(=O)c1cccc(NC(=S)Nc2sc(C(=O)N(C)C)c(C)c2C(=O)OC)c1. The van der Waals surface area contributed by atoms with E-state index in [1.165, 1.54) is 12.0 Å². The predicted molar refractivity (Wildman–Crippen MR) is 121 cm³/mol. The van der Waals surface area contributed by atoms with Crippen molar-refractivity contribution in [2.75, 3.05) is 38.4 Å². The Balaban J connectivity index is 2.27. The molecule has 0 saturated carbocycles. The highest BCUT2D eigenvalue weighted by atomic mass is 32.1. The Bertz CT molecular complexity index is 985. The van der Waals surface area contributed by atoms with Crippen molar-refractivity contribution in [1.82, 2.24) is 4.90 Å². The van der Waals surface area contributed by atoms with Crippen LogP contribution in [0.3, 0.4) is 0 Å². The number of benzene rings is 1. The van der Waals surface area contributed by atoms with Crippen LogP contribution in [0.5, 0.6) is 0 Å². The Morgan fingerprint density at radius 3 is 2.47 bits per heavy atom. The van der Waals surface area contributed by atoms with E-state index in [2.05, 4.69) is 10.6 Å². The molecule has 0 atom stereocenters. The highest BCUT2D eigenvalue weighted by Crippen LogP contribution is 2.34. The second-order valence-electron chi connectivity index (χ2n) is 6.33. The molecule has 30 heavy (non-hydrogen) atoms. The van der Waals surface area contributed by atoms with Gasteiger partial charge in [0.05, 0.1) is 29.7 Å². The first-order valence-corrected chi connectivity index (χ1v) is 10.2. The summed E-state index contributed by atoms with van der Waals surface area (Å²) in [5, 5.41) is 6.50. The summed E-state index contributed by atoms with van der Waals surface area (Å²) in [6.45, 7) is 3.69. The number of carbonyl (C=O) groups is 3. The van der Waals surface area contributed by atoms with Gasteiger partial charge in [0.25, 0.3) is 5.91 Å². The predicted octanol–water partition coefficient (Wildman–Crippen LogP) is 3.53. The monoisotopic (exact) mass is 449 g/mol. The number of esters is 2. The lowest BCUT2D eigenvalue weighted by atomic mass is 10.1. The molecule has 0 fully saturated rings. The van der Waals surface area contributed by atoms with Gasteiger partial charge in [-0.25, -0.2) is 9.59 Å². The van der Waals surface area contributed by atoms with Crippen LogP contribution in [0.2, 0.25) is 0 Å². The number of ether oxygens (including phenoxy) is 2. The second-order valence-corrected chi connectivity index (χ2v) is 7.76. The van der Waals surface area contributed by atoms with E-state index in [9.17, 15) is 14.4 Å². The maximum Gasteiger partial charge on any atom is 0.341 e. The number of rotatable bonds is 6. The lowest BCUT2D eigenvalue weighted by molar-refractivity contribution is 0.0525. The van der Waals surface area contributed by atoms with Crippen molar-refractivity contribution in [3.05, 3.63) is 45.8 Å². The van der Waals surface area contributed by atoms with Gasteiger partial charge in [-0.1, -0.05) is 6.07 Å². The van der Waals surface area contributed by atoms with Gasteiger partial charge in [-0.2, -0.15) is 0 Å². The van der Waals surface area contributed by atoms with Gasteiger partial charge >= 0.3 is 11.9 Å². The molecule has 1 aromatic heterocycles. The zero-order chi connectivity index (χ0) is 22.4. The number of thiophene rings is 1. The summed E-state index contributed by atoms with van der Waals surface area (Å²) in [6.07, 6.45) is 0. The van der Waals surface area contributed by atoms with Crippen molar-refractivity contribution in [2.45, 2.75) is 13.8 Å². The fourth-order valence-corrected chi connectivity index (χ4v) is 4.07. The molecular weight excluding hydrogens is 426 g/mol. The van der Waals surface area contributed by atoms with Crippen LogP contribution >= 0.6 is 23.6 Å². The smallest absolute Gasteiger partial charge is 0.341 e. The minimum absolute atomic E-state index is 0.186. The lowest BCUT2D eigenvalue weighted by Gasteiger charge is -2.11. The molecule has 2 N–H and O–H groups in total. The van der Waals surface area contributed by atoms with Gasteiger partial charge in [-0.3, -0.25) is 4.79 Å². The standard InChI is InChI=1S/C20H23N3O5S2/c1-6-28-18(25)12-8-7-9-13(10-12)21-20(29)22-16-14(19(26)27-5)11(2)15(30-16)17(24)23(3)4/h7-10H,6H2,1-5H3,(H2,21,22,29). The Kier molecular flexibility index (Phi) is 7.90. The molecule has 1 aromatic carbocycles. The van der Waals surface area contributed by atoms with Crippen molar-refractivity contribution in [3.8, 4) is 0 Å². The number of nitrogens with one attached hydrogen (secondary N) is 2. The van der Waals surface area contributed by atoms with E-state index < -0.39 is 11.9 Å². The van der Waals surface area contributed by atoms with Crippen molar-refractivity contribution < 1.29 is 23.9 Å². The Morgan fingerprint density at radius 2 is 1.87 bits per heavy atom. The van der Waals surface area contributed by atoms with Crippen LogP contribution in [0.1, 0.15) is 42.9 Å². The first kappa shape index (κ1) is 23.3. The van der Waals surface area contributed by atoms with Crippen LogP contribution in [-0.4, -0.2) is 55.7 Å². The number of nitrogens with zero attached hydrogens (tertiary/aromatic N) is 1. The number of amides is 1. The van der Waals surface area contributed by atoms with Crippen LogP contribution in [0.15, 0.2) is 24.3 Å². The number of carbonyl (C=O) groups excluding carboxylic acids is 3. The van der Waals surface area contributed by atoms with Crippen LogP contribution in [-0.2, 0) is 9.47 Å². The van der Waals surface area contributed by atoms with Crippen molar-refractivity contribution >= 4 is 57.2 Å². The Hall–Kier alpha value is -2.98. The third-order valence-corrected chi connectivity index (χ3v) is 5.39. The highest BCUT2D eigenvalue weighted by Gasteiger charge is 2.26. The topological polar surface area (TPSA) is 97.0 Å². The minimum Gasteiger partial charge on any atom is -0.465 e. The van der Waals surface area contributed by atoms with Gasteiger partial charge in [-0.15, -0.1) is 11.3 Å². The van der Waals surface area contributed by atoms with Crippen molar-refractivity contribution in [2.24, 2.45) is 0 Å². The summed E-state index contributed by atoms with van der Waals surface area (Å²) in [5.74, 6) is -1.23. The molecule has 8 nitrogen and oxygen atoms in total. The second kappa shape index (κ2) is 10.2. The first-order chi connectivity index (χ1) is 14.2. The summed E-state index contributed by atoms with van der Waals surface area (Å²) >= 11 is 6.47. The zero-order valence-electron chi connectivity index (χ0n) is 17.3. The average molecular weight is 450 g/mol.